The van der Waals surface area contributed by atoms with Crippen molar-refractivity contribution in [3.05, 3.63) is 18.2 Å². The summed E-state index contributed by atoms with van der Waals surface area (Å²) >= 11 is 0. The third-order valence-electron chi connectivity index (χ3n) is 4.00. The minimum Gasteiger partial charge on any atom is -0.433 e. The van der Waals surface area contributed by atoms with Crippen LogP contribution in [0.2, 0.25) is 0 Å². The number of rotatable bonds is 9. The molecule has 0 radical (unpaired) electrons. The van der Waals surface area contributed by atoms with Gasteiger partial charge in [0.05, 0.1) is 12.3 Å². The number of anilines is 2. The van der Waals surface area contributed by atoms with Crippen molar-refractivity contribution in [1.82, 2.24) is 5.32 Å². The van der Waals surface area contributed by atoms with Crippen molar-refractivity contribution < 1.29 is 32.6 Å². The maximum Gasteiger partial charge on any atom is 0.387 e. The van der Waals surface area contributed by atoms with Crippen LogP contribution in [-0.2, 0) is 19.1 Å². The molecular formula is C18H24F2N4O5. The average molecular weight is 414 g/mol. The largest absolute Gasteiger partial charge is 0.433 e. The Labute approximate surface area is 166 Å². The van der Waals surface area contributed by atoms with Gasteiger partial charge in [-0.25, -0.2) is 0 Å². The summed E-state index contributed by atoms with van der Waals surface area (Å²) in [7, 11) is 0. The quantitative estimate of drug-likeness (QED) is 0.511. The van der Waals surface area contributed by atoms with Crippen LogP contribution in [-0.4, -0.2) is 56.7 Å². The van der Waals surface area contributed by atoms with E-state index < -0.39 is 30.4 Å². The van der Waals surface area contributed by atoms with E-state index in [0.29, 0.717) is 6.54 Å². The molecule has 0 aromatic heterocycles. The van der Waals surface area contributed by atoms with E-state index in [2.05, 4.69) is 15.4 Å². The predicted octanol–water partition coefficient (Wildman–Crippen LogP) is 0.689. The molecule has 29 heavy (non-hydrogen) atoms. The number of benzene rings is 1. The maximum atomic E-state index is 12.9. The minimum atomic E-state index is -3.14. The van der Waals surface area contributed by atoms with Crippen LogP contribution in [0.5, 0.6) is 5.75 Å². The molecule has 3 amide bonds. The SMILES string of the molecule is CC(C)CN[C@@H](C(N)=O)C(=O)Nc1ccc(N2CCOCC2=O)c(OC(F)F)c1. The van der Waals surface area contributed by atoms with Crippen LogP contribution < -0.4 is 26.0 Å². The number of hydrogen-bond acceptors (Lipinski definition) is 6. The summed E-state index contributed by atoms with van der Waals surface area (Å²) in [6.45, 7) is 1.27. The molecule has 0 aliphatic carbocycles. The monoisotopic (exact) mass is 414 g/mol. The Bertz CT molecular complexity index is 760. The number of nitrogens with two attached hydrogens (primary N) is 1. The highest BCUT2D eigenvalue weighted by atomic mass is 19.3. The van der Waals surface area contributed by atoms with Gasteiger partial charge in [-0.05, 0) is 24.6 Å². The molecule has 1 atom stereocenters. The van der Waals surface area contributed by atoms with Crippen molar-refractivity contribution in [1.29, 1.82) is 0 Å². The lowest BCUT2D eigenvalue weighted by atomic mass is 10.1. The molecule has 1 aliphatic rings. The van der Waals surface area contributed by atoms with E-state index in [-0.39, 0.29) is 42.8 Å². The van der Waals surface area contributed by atoms with Crippen LogP contribution in [0.15, 0.2) is 18.2 Å². The predicted molar refractivity (Wildman–Crippen MR) is 101 cm³/mol. The highest BCUT2D eigenvalue weighted by Crippen LogP contribution is 2.33. The molecule has 1 saturated heterocycles. The molecule has 1 fully saturated rings. The van der Waals surface area contributed by atoms with E-state index in [4.69, 9.17) is 10.5 Å². The first-order chi connectivity index (χ1) is 13.7. The number of alkyl halides is 2. The van der Waals surface area contributed by atoms with Gasteiger partial charge in [-0.2, -0.15) is 8.78 Å². The van der Waals surface area contributed by atoms with Crippen molar-refractivity contribution in [2.24, 2.45) is 11.7 Å². The molecular weight excluding hydrogens is 390 g/mol. The minimum absolute atomic E-state index is 0.104. The van der Waals surface area contributed by atoms with E-state index >= 15 is 0 Å². The van der Waals surface area contributed by atoms with Gasteiger partial charge < -0.3 is 25.4 Å². The van der Waals surface area contributed by atoms with Gasteiger partial charge in [-0.3, -0.25) is 19.7 Å². The molecule has 0 saturated carbocycles. The summed E-state index contributed by atoms with van der Waals surface area (Å²) in [4.78, 5) is 37.2. The summed E-state index contributed by atoms with van der Waals surface area (Å²) in [5.74, 6) is -2.14. The highest BCUT2D eigenvalue weighted by Gasteiger charge is 2.27. The Hall–Kier alpha value is -2.79. The number of hydrogen-bond donors (Lipinski definition) is 3. The first kappa shape index (κ1) is 22.5. The summed E-state index contributed by atoms with van der Waals surface area (Å²) < 4.78 is 35.3. The topological polar surface area (TPSA) is 123 Å². The molecule has 2 rings (SSSR count). The van der Waals surface area contributed by atoms with Gasteiger partial charge in [0.15, 0.2) is 11.8 Å². The van der Waals surface area contributed by atoms with Crippen molar-refractivity contribution in [3.8, 4) is 5.75 Å². The summed E-state index contributed by atoms with van der Waals surface area (Å²) in [6.07, 6.45) is 0. The lowest BCUT2D eigenvalue weighted by Gasteiger charge is -2.28. The number of halogens is 2. The second-order valence-electron chi connectivity index (χ2n) is 6.79. The van der Waals surface area contributed by atoms with Gasteiger partial charge in [0.2, 0.25) is 5.91 Å². The Morgan fingerprint density at radius 1 is 1.34 bits per heavy atom. The smallest absolute Gasteiger partial charge is 0.387 e. The third kappa shape index (κ3) is 6.36. The number of ether oxygens (including phenoxy) is 2. The van der Waals surface area contributed by atoms with E-state index in [1.165, 1.54) is 17.0 Å². The molecule has 0 unspecified atom stereocenters. The number of carbonyl (C=O) groups excluding carboxylic acids is 3. The van der Waals surface area contributed by atoms with Crippen molar-refractivity contribution in [2.75, 3.05) is 36.5 Å². The van der Waals surface area contributed by atoms with Gasteiger partial charge in [-0.1, -0.05) is 13.8 Å². The lowest BCUT2D eigenvalue weighted by molar-refractivity contribution is -0.128. The second-order valence-corrected chi connectivity index (χ2v) is 6.79. The van der Waals surface area contributed by atoms with Gasteiger partial charge in [0.1, 0.15) is 6.61 Å². The van der Waals surface area contributed by atoms with Crippen LogP contribution >= 0.6 is 0 Å². The Kier molecular flexibility index (Phi) is 7.85. The molecule has 1 aromatic carbocycles. The molecule has 160 valence electrons. The number of amides is 3. The zero-order valence-electron chi connectivity index (χ0n) is 16.1. The van der Waals surface area contributed by atoms with Crippen LogP contribution in [0.1, 0.15) is 13.8 Å². The van der Waals surface area contributed by atoms with Gasteiger partial charge in [-0.15, -0.1) is 0 Å². The van der Waals surface area contributed by atoms with Crippen LogP contribution in [0, 0.1) is 5.92 Å². The van der Waals surface area contributed by atoms with Crippen molar-refractivity contribution in [3.63, 3.8) is 0 Å². The summed E-state index contributed by atoms with van der Waals surface area (Å²) in [5.41, 5.74) is 5.50. The maximum absolute atomic E-state index is 12.9. The van der Waals surface area contributed by atoms with Crippen LogP contribution in [0.25, 0.3) is 0 Å². The van der Waals surface area contributed by atoms with Gasteiger partial charge in [0.25, 0.3) is 11.8 Å². The molecule has 0 spiro atoms. The number of nitrogens with zero attached hydrogens (tertiary/aromatic N) is 1. The van der Waals surface area contributed by atoms with Crippen molar-refractivity contribution in [2.45, 2.75) is 26.5 Å². The number of carbonyl (C=O) groups is 3. The second kappa shape index (κ2) is 10.1. The fourth-order valence-electron chi connectivity index (χ4n) is 2.67. The number of nitrogens with one attached hydrogen (secondary N) is 2. The Morgan fingerprint density at radius 3 is 2.66 bits per heavy atom. The van der Waals surface area contributed by atoms with E-state index in [0.717, 1.165) is 6.07 Å². The first-order valence-electron chi connectivity index (χ1n) is 8.99. The number of primary amides is 1. The van der Waals surface area contributed by atoms with E-state index in [1.807, 2.05) is 13.8 Å². The summed E-state index contributed by atoms with van der Waals surface area (Å²) in [5, 5.41) is 5.20. The molecule has 0 bridgehead atoms. The van der Waals surface area contributed by atoms with E-state index in [1.54, 1.807) is 0 Å². The Morgan fingerprint density at radius 2 is 2.07 bits per heavy atom. The van der Waals surface area contributed by atoms with Gasteiger partial charge >= 0.3 is 6.61 Å². The highest BCUT2D eigenvalue weighted by molar-refractivity contribution is 6.09. The number of morpholine rings is 1. The van der Waals surface area contributed by atoms with Crippen LogP contribution in [0.4, 0.5) is 20.2 Å². The third-order valence-corrected chi connectivity index (χ3v) is 4.00. The molecule has 4 N–H and O–H groups in total. The first-order valence-corrected chi connectivity index (χ1v) is 8.99. The average Bonchev–Trinajstić information content (AvgIpc) is 2.62. The molecule has 1 heterocycles. The molecule has 1 aromatic rings. The fourth-order valence-corrected chi connectivity index (χ4v) is 2.67. The van der Waals surface area contributed by atoms with Gasteiger partial charge in [0, 0.05) is 18.3 Å². The zero-order valence-corrected chi connectivity index (χ0v) is 16.1. The standard InChI is InChI=1S/C18H24F2N4O5/c1-10(2)8-22-15(16(21)26)17(27)23-11-3-4-12(13(7-11)29-18(19)20)24-5-6-28-9-14(24)25/h3-4,7,10,15,18,22H,5-6,8-9H2,1-2H3,(H2,21,26)(H,23,27)/t15-/m0/s1. The molecule has 9 nitrogen and oxygen atoms in total. The summed E-state index contributed by atoms with van der Waals surface area (Å²) in [6, 6.07) is 2.65. The van der Waals surface area contributed by atoms with Crippen LogP contribution in [0.3, 0.4) is 0 Å². The normalized spacial score (nSPS) is 15.5. The molecule has 1 aliphatic heterocycles. The zero-order chi connectivity index (χ0) is 21.6. The lowest BCUT2D eigenvalue weighted by Crippen LogP contribution is -2.50. The Balaban J connectivity index is 2.23. The van der Waals surface area contributed by atoms with Crippen molar-refractivity contribution >= 4 is 29.1 Å². The van der Waals surface area contributed by atoms with E-state index in [9.17, 15) is 23.2 Å². The molecule has 11 heteroatoms. The fraction of sp³-hybridized carbons (Fsp3) is 0.500.